The normalized spacial score (nSPS) is 35.4. The van der Waals surface area contributed by atoms with Crippen LogP contribution in [0.5, 0.6) is 0 Å². The summed E-state index contributed by atoms with van der Waals surface area (Å²) in [6.07, 6.45) is 3.56. The number of nitrogens with two attached hydrogens (primary N) is 1. The van der Waals surface area contributed by atoms with Gasteiger partial charge in [0.1, 0.15) is 0 Å². The van der Waals surface area contributed by atoms with Crippen molar-refractivity contribution >= 4 is 0 Å². The zero-order valence-corrected chi connectivity index (χ0v) is 10.6. The number of hydrogen-bond acceptors (Lipinski definition) is 3. The summed E-state index contributed by atoms with van der Waals surface area (Å²) in [6, 6.07) is 0. The molecule has 1 aliphatic rings. The Bertz CT molecular complexity index is 206. The molecule has 15 heavy (non-hydrogen) atoms. The molecule has 1 heterocycles. The third-order valence-corrected chi connectivity index (χ3v) is 3.60. The quantitative estimate of drug-likeness (QED) is 0.731. The lowest BCUT2D eigenvalue weighted by molar-refractivity contribution is 0.0864. The van der Waals surface area contributed by atoms with Crippen LogP contribution in [0.15, 0.2) is 0 Å². The van der Waals surface area contributed by atoms with E-state index in [-0.39, 0.29) is 17.2 Å². The SMILES string of the molecule is CCCC(C)(N)CNC1(C)CCOC1C. The van der Waals surface area contributed by atoms with Gasteiger partial charge in [-0.05, 0) is 33.6 Å². The van der Waals surface area contributed by atoms with Crippen molar-refractivity contribution in [3.63, 3.8) is 0 Å². The Morgan fingerprint density at radius 3 is 2.73 bits per heavy atom. The van der Waals surface area contributed by atoms with Crippen molar-refractivity contribution in [2.45, 2.75) is 64.1 Å². The molecule has 1 fully saturated rings. The van der Waals surface area contributed by atoms with E-state index in [2.05, 4.69) is 33.0 Å². The van der Waals surface area contributed by atoms with Crippen LogP contribution in [-0.4, -0.2) is 30.3 Å². The van der Waals surface area contributed by atoms with Gasteiger partial charge in [-0.2, -0.15) is 0 Å². The van der Waals surface area contributed by atoms with Crippen LogP contribution >= 0.6 is 0 Å². The van der Waals surface area contributed by atoms with Crippen molar-refractivity contribution in [1.29, 1.82) is 0 Å². The summed E-state index contributed by atoms with van der Waals surface area (Å²) in [5.74, 6) is 0. The van der Waals surface area contributed by atoms with Crippen molar-refractivity contribution in [3.05, 3.63) is 0 Å². The maximum absolute atomic E-state index is 6.21. The smallest absolute Gasteiger partial charge is 0.0726 e. The molecule has 1 saturated heterocycles. The highest BCUT2D eigenvalue weighted by molar-refractivity contribution is 4.96. The topological polar surface area (TPSA) is 47.3 Å². The lowest BCUT2D eigenvalue weighted by atomic mass is 9.91. The molecule has 90 valence electrons. The first-order chi connectivity index (χ1) is 6.90. The molecule has 3 heteroatoms. The van der Waals surface area contributed by atoms with E-state index >= 15 is 0 Å². The Morgan fingerprint density at radius 2 is 2.27 bits per heavy atom. The van der Waals surface area contributed by atoms with Gasteiger partial charge in [0.05, 0.1) is 6.10 Å². The molecule has 3 nitrogen and oxygen atoms in total. The summed E-state index contributed by atoms with van der Waals surface area (Å²) in [4.78, 5) is 0. The fourth-order valence-electron chi connectivity index (χ4n) is 2.13. The monoisotopic (exact) mass is 214 g/mol. The van der Waals surface area contributed by atoms with Gasteiger partial charge in [-0.25, -0.2) is 0 Å². The lowest BCUT2D eigenvalue weighted by Crippen LogP contribution is -2.55. The second-order valence-electron chi connectivity index (χ2n) is 5.44. The van der Waals surface area contributed by atoms with Gasteiger partial charge in [0, 0.05) is 24.2 Å². The maximum Gasteiger partial charge on any atom is 0.0726 e. The predicted octanol–water partition coefficient (Wildman–Crippen LogP) is 1.66. The fourth-order valence-corrected chi connectivity index (χ4v) is 2.13. The van der Waals surface area contributed by atoms with E-state index in [4.69, 9.17) is 10.5 Å². The van der Waals surface area contributed by atoms with Crippen molar-refractivity contribution < 1.29 is 4.74 Å². The van der Waals surface area contributed by atoms with Crippen LogP contribution < -0.4 is 11.1 Å². The van der Waals surface area contributed by atoms with E-state index in [1.807, 2.05) is 0 Å². The van der Waals surface area contributed by atoms with E-state index < -0.39 is 0 Å². The average Bonchev–Trinajstić information content (AvgIpc) is 2.45. The summed E-state index contributed by atoms with van der Waals surface area (Å²) < 4.78 is 5.59. The van der Waals surface area contributed by atoms with E-state index in [1.54, 1.807) is 0 Å². The molecule has 3 N–H and O–H groups in total. The number of nitrogens with one attached hydrogen (secondary N) is 1. The molecular weight excluding hydrogens is 188 g/mol. The number of rotatable bonds is 5. The zero-order valence-electron chi connectivity index (χ0n) is 10.6. The van der Waals surface area contributed by atoms with Gasteiger partial charge in [0.25, 0.3) is 0 Å². The van der Waals surface area contributed by atoms with Crippen LogP contribution in [0.3, 0.4) is 0 Å². The molecule has 0 bridgehead atoms. The molecule has 1 aliphatic heterocycles. The molecule has 0 aromatic carbocycles. The Labute approximate surface area is 93.8 Å². The van der Waals surface area contributed by atoms with Crippen LogP contribution in [0.25, 0.3) is 0 Å². The van der Waals surface area contributed by atoms with Crippen LogP contribution in [-0.2, 0) is 4.74 Å². The van der Waals surface area contributed by atoms with Gasteiger partial charge in [-0.1, -0.05) is 13.3 Å². The standard InChI is InChI=1S/C12H26N2O/c1-5-6-11(3,13)9-14-12(4)7-8-15-10(12)2/h10,14H,5-9,13H2,1-4H3. The van der Waals surface area contributed by atoms with Crippen molar-refractivity contribution in [1.82, 2.24) is 5.32 Å². The summed E-state index contributed by atoms with van der Waals surface area (Å²) in [5, 5.41) is 3.58. The van der Waals surface area contributed by atoms with Gasteiger partial charge < -0.3 is 15.8 Å². The Balaban J connectivity index is 2.42. The molecule has 1 rings (SSSR count). The van der Waals surface area contributed by atoms with Crippen molar-refractivity contribution in [2.75, 3.05) is 13.2 Å². The molecule has 0 spiro atoms. The van der Waals surface area contributed by atoms with Gasteiger partial charge in [0.2, 0.25) is 0 Å². The maximum atomic E-state index is 6.21. The summed E-state index contributed by atoms with van der Waals surface area (Å²) in [7, 11) is 0. The molecular formula is C12H26N2O. The predicted molar refractivity (Wildman–Crippen MR) is 63.9 cm³/mol. The lowest BCUT2D eigenvalue weighted by Gasteiger charge is -2.34. The first-order valence-electron chi connectivity index (χ1n) is 6.05. The second kappa shape index (κ2) is 4.81. The second-order valence-corrected chi connectivity index (χ2v) is 5.44. The minimum absolute atomic E-state index is 0.0972. The molecule has 3 unspecified atom stereocenters. The van der Waals surface area contributed by atoms with E-state index in [0.717, 1.165) is 32.4 Å². The Morgan fingerprint density at radius 1 is 1.60 bits per heavy atom. The molecule has 0 radical (unpaired) electrons. The zero-order chi connectivity index (χ0) is 11.5. The van der Waals surface area contributed by atoms with Gasteiger partial charge in [-0.15, -0.1) is 0 Å². The third-order valence-electron chi connectivity index (χ3n) is 3.60. The largest absolute Gasteiger partial charge is 0.377 e. The Hall–Kier alpha value is -0.120. The molecule has 0 aliphatic carbocycles. The fraction of sp³-hybridized carbons (Fsp3) is 1.00. The Kier molecular flexibility index (Phi) is 4.15. The van der Waals surface area contributed by atoms with Gasteiger partial charge >= 0.3 is 0 Å². The van der Waals surface area contributed by atoms with Crippen LogP contribution in [0.1, 0.15) is 47.0 Å². The first kappa shape index (κ1) is 12.9. The molecule has 0 saturated carbocycles. The van der Waals surface area contributed by atoms with Crippen molar-refractivity contribution in [2.24, 2.45) is 5.73 Å². The van der Waals surface area contributed by atoms with E-state index in [1.165, 1.54) is 0 Å². The first-order valence-corrected chi connectivity index (χ1v) is 6.05. The molecule has 0 amide bonds. The third kappa shape index (κ3) is 3.44. The molecule has 0 aromatic rings. The minimum atomic E-state index is -0.0972. The summed E-state index contributed by atoms with van der Waals surface area (Å²) in [5.41, 5.74) is 6.21. The highest BCUT2D eigenvalue weighted by atomic mass is 16.5. The molecule has 0 aromatic heterocycles. The van der Waals surface area contributed by atoms with E-state index in [0.29, 0.717) is 0 Å². The van der Waals surface area contributed by atoms with E-state index in [9.17, 15) is 0 Å². The number of ether oxygens (including phenoxy) is 1. The van der Waals surface area contributed by atoms with Crippen LogP contribution in [0.4, 0.5) is 0 Å². The highest BCUT2D eigenvalue weighted by Crippen LogP contribution is 2.25. The van der Waals surface area contributed by atoms with Crippen molar-refractivity contribution in [3.8, 4) is 0 Å². The summed E-state index contributed by atoms with van der Waals surface area (Å²) in [6.45, 7) is 10.4. The number of hydrogen-bond donors (Lipinski definition) is 2. The van der Waals surface area contributed by atoms with Crippen LogP contribution in [0, 0.1) is 0 Å². The minimum Gasteiger partial charge on any atom is -0.377 e. The van der Waals surface area contributed by atoms with Gasteiger partial charge in [0.15, 0.2) is 0 Å². The van der Waals surface area contributed by atoms with Gasteiger partial charge in [-0.3, -0.25) is 0 Å². The summed E-state index contributed by atoms with van der Waals surface area (Å²) >= 11 is 0. The van der Waals surface area contributed by atoms with Crippen LogP contribution in [0.2, 0.25) is 0 Å². The highest BCUT2D eigenvalue weighted by Gasteiger charge is 2.37. The molecule has 3 atom stereocenters. The average molecular weight is 214 g/mol.